The molecule has 0 spiro atoms. The highest BCUT2D eigenvalue weighted by Crippen LogP contribution is 2.33. The number of nitrogens with zero attached hydrogens (tertiary/aromatic N) is 1. The highest BCUT2D eigenvalue weighted by molar-refractivity contribution is 6.04. The number of carbonyl (C=O) groups excluding carboxylic acids is 4. The predicted octanol–water partition coefficient (Wildman–Crippen LogP) is 1.85. The number of ether oxygens (including phenoxy) is 2. The molecule has 1 aromatic rings. The third kappa shape index (κ3) is 5.80. The molecule has 0 unspecified atom stereocenters. The molecule has 1 N–H and O–H groups in total. The Labute approximate surface area is 164 Å². The molecule has 0 atom stereocenters. The minimum atomic E-state index is -0.433. The standard InChI is InChI=1S/C20H26N2O6/c1-3-5-10-21-18(24)12-22-15-11-14(6-8-17(15)28-13-19(22)25)16(23)7-9-20(26)27-4-2/h6,8,11H,3-5,7,9-10,12-13H2,1-2H3,(H,21,24). The average molecular weight is 390 g/mol. The summed E-state index contributed by atoms with van der Waals surface area (Å²) in [5, 5.41) is 2.77. The van der Waals surface area contributed by atoms with E-state index in [-0.39, 0.29) is 50.2 Å². The first-order valence-electron chi connectivity index (χ1n) is 9.49. The van der Waals surface area contributed by atoms with Crippen LogP contribution in [0.25, 0.3) is 0 Å². The monoisotopic (exact) mass is 390 g/mol. The van der Waals surface area contributed by atoms with Gasteiger partial charge < -0.3 is 14.8 Å². The van der Waals surface area contributed by atoms with Crippen molar-refractivity contribution in [2.45, 2.75) is 39.5 Å². The molecule has 2 amide bonds. The molecule has 0 aliphatic carbocycles. The molecule has 0 radical (unpaired) electrons. The second kappa shape index (κ2) is 10.4. The quantitative estimate of drug-likeness (QED) is 0.372. The largest absolute Gasteiger partial charge is 0.482 e. The van der Waals surface area contributed by atoms with Gasteiger partial charge in [0.25, 0.3) is 5.91 Å². The summed E-state index contributed by atoms with van der Waals surface area (Å²) >= 11 is 0. The van der Waals surface area contributed by atoms with Gasteiger partial charge in [-0.3, -0.25) is 24.1 Å². The summed E-state index contributed by atoms with van der Waals surface area (Å²) in [6, 6.07) is 4.71. The maximum atomic E-state index is 12.4. The van der Waals surface area contributed by atoms with Gasteiger partial charge in [0.2, 0.25) is 5.91 Å². The number of nitrogens with one attached hydrogen (secondary N) is 1. The van der Waals surface area contributed by atoms with Crippen LogP contribution in [0.2, 0.25) is 0 Å². The maximum absolute atomic E-state index is 12.4. The second-order valence-corrected chi connectivity index (χ2v) is 6.38. The van der Waals surface area contributed by atoms with Crippen LogP contribution < -0.4 is 15.0 Å². The van der Waals surface area contributed by atoms with Crippen molar-refractivity contribution in [2.24, 2.45) is 0 Å². The fraction of sp³-hybridized carbons (Fsp3) is 0.500. The molecule has 152 valence electrons. The number of Topliss-reactive ketones (excluding diaryl/α,β-unsaturated/α-hetero) is 1. The van der Waals surface area contributed by atoms with Crippen molar-refractivity contribution < 1.29 is 28.7 Å². The van der Waals surface area contributed by atoms with Gasteiger partial charge in [0.15, 0.2) is 12.4 Å². The smallest absolute Gasteiger partial charge is 0.306 e. The number of esters is 1. The number of anilines is 1. The van der Waals surface area contributed by atoms with Crippen LogP contribution in [0.4, 0.5) is 5.69 Å². The Morgan fingerprint density at radius 1 is 1.21 bits per heavy atom. The van der Waals surface area contributed by atoms with Gasteiger partial charge in [-0.2, -0.15) is 0 Å². The van der Waals surface area contributed by atoms with Crippen LogP contribution in [-0.4, -0.2) is 49.9 Å². The van der Waals surface area contributed by atoms with E-state index < -0.39 is 5.97 Å². The van der Waals surface area contributed by atoms with Gasteiger partial charge >= 0.3 is 5.97 Å². The Balaban J connectivity index is 2.10. The summed E-state index contributed by atoms with van der Waals surface area (Å²) in [5.41, 5.74) is 0.724. The zero-order valence-electron chi connectivity index (χ0n) is 16.3. The first kappa shape index (κ1) is 21.4. The number of amides is 2. The number of benzene rings is 1. The molecule has 1 aliphatic rings. The highest BCUT2D eigenvalue weighted by atomic mass is 16.5. The number of hydrogen-bond acceptors (Lipinski definition) is 6. The maximum Gasteiger partial charge on any atom is 0.306 e. The molecule has 8 nitrogen and oxygen atoms in total. The molecule has 0 fully saturated rings. The Kier molecular flexibility index (Phi) is 7.98. The van der Waals surface area contributed by atoms with Gasteiger partial charge in [0.1, 0.15) is 12.3 Å². The molecule has 0 aromatic heterocycles. The van der Waals surface area contributed by atoms with Crippen LogP contribution in [-0.2, 0) is 19.1 Å². The van der Waals surface area contributed by atoms with Crippen LogP contribution in [0.1, 0.15) is 49.9 Å². The van der Waals surface area contributed by atoms with Gasteiger partial charge in [-0.25, -0.2) is 0 Å². The SMILES string of the molecule is CCCCNC(=O)CN1C(=O)COc2ccc(C(=O)CCC(=O)OCC)cc21. The third-order valence-corrected chi connectivity index (χ3v) is 4.24. The number of fused-ring (bicyclic) bond motifs is 1. The molecule has 1 aliphatic heterocycles. The fourth-order valence-electron chi connectivity index (χ4n) is 2.75. The van der Waals surface area contributed by atoms with Gasteiger partial charge in [-0.1, -0.05) is 13.3 Å². The topological polar surface area (TPSA) is 102 Å². The van der Waals surface area contributed by atoms with E-state index in [0.29, 0.717) is 23.5 Å². The van der Waals surface area contributed by atoms with E-state index >= 15 is 0 Å². The predicted molar refractivity (Wildman–Crippen MR) is 102 cm³/mol. The highest BCUT2D eigenvalue weighted by Gasteiger charge is 2.28. The average Bonchev–Trinajstić information content (AvgIpc) is 2.68. The lowest BCUT2D eigenvalue weighted by molar-refractivity contribution is -0.143. The van der Waals surface area contributed by atoms with Gasteiger partial charge in [-0.05, 0) is 31.5 Å². The number of hydrogen-bond donors (Lipinski definition) is 1. The third-order valence-electron chi connectivity index (χ3n) is 4.24. The van der Waals surface area contributed by atoms with E-state index in [9.17, 15) is 19.2 Å². The molecular weight excluding hydrogens is 364 g/mol. The number of carbonyl (C=O) groups is 4. The van der Waals surface area contributed by atoms with E-state index in [1.807, 2.05) is 6.92 Å². The first-order valence-corrected chi connectivity index (χ1v) is 9.49. The fourth-order valence-corrected chi connectivity index (χ4v) is 2.75. The molecule has 0 saturated carbocycles. The summed E-state index contributed by atoms with van der Waals surface area (Å²) < 4.78 is 10.2. The normalized spacial score (nSPS) is 12.8. The first-order chi connectivity index (χ1) is 13.5. The van der Waals surface area contributed by atoms with Gasteiger partial charge in [-0.15, -0.1) is 0 Å². The zero-order valence-corrected chi connectivity index (χ0v) is 16.3. The lowest BCUT2D eigenvalue weighted by Gasteiger charge is -2.29. The van der Waals surface area contributed by atoms with Crippen LogP contribution in [0.3, 0.4) is 0 Å². The summed E-state index contributed by atoms with van der Waals surface area (Å²) in [7, 11) is 0. The van der Waals surface area contributed by atoms with Crippen molar-refractivity contribution in [1.29, 1.82) is 0 Å². The van der Waals surface area contributed by atoms with Crippen LogP contribution in [0, 0.1) is 0 Å². The minimum Gasteiger partial charge on any atom is -0.482 e. The van der Waals surface area contributed by atoms with Crippen molar-refractivity contribution in [3.05, 3.63) is 23.8 Å². The summed E-state index contributed by atoms with van der Waals surface area (Å²) in [6.45, 7) is 4.24. The van der Waals surface area contributed by atoms with E-state index in [0.717, 1.165) is 12.8 Å². The van der Waals surface area contributed by atoms with Crippen LogP contribution >= 0.6 is 0 Å². The summed E-state index contributed by atoms with van der Waals surface area (Å²) in [6.07, 6.45) is 1.81. The molecular formula is C20H26N2O6. The van der Waals surface area contributed by atoms with Crippen LogP contribution in [0.5, 0.6) is 5.75 Å². The molecule has 8 heteroatoms. The summed E-state index contributed by atoms with van der Waals surface area (Å²) in [5.74, 6) is -0.871. The number of rotatable bonds is 10. The Morgan fingerprint density at radius 2 is 2.00 bits per heavy atom. The molecule has 1 heterocycles. The van der Waals surface area contributed by atoms with Crippen molar-refractivity contribution in [2.75, 3.05) is 31.2 Å². The summed E-state index contributed by atoms with van der Waals surface area (Å²) in [4.78, 5) is 49.6. The van der Waals surface area contributed by atoms with Crippen molar-refractivity contribution >= 4 is 29.3 Å². The zero-order chi connectivity index (χ0) is 20.5. The van der Waals surface area contributed by atoms with Gasteiger partial charge in [0, 0.05) is 18.5 Å². The van der Waals surface area contributed by atoms with E-state index in [2.05, 4.69) is 5.32 Å². The number of unbranched alkanes of at least 4 members (excludes halogenated alkanes) is 1. The van der Waals surface area contributed by atoms with Crippen molar-refractivity contribution in [1.82, 2.24) is 5.32 Å². The molecule has 2 rings (SSSR count). The van der Waals surface area contributed by atoms with Crippen molar-refractivity contribution in [3.63, 3.8) is 0 Å². The molecule has 0 saturated heterocycles. The van der Waals surface area contributed by atoms with E-state index in [1.54, 1.807) is 19.1 Å². The molecule has 0 bridgehead atoms. The van der Waals surface area contributed by atoms with E-state index in [4.69, 9.17) is 9.47 Å². The lowest BCUT2D eigenvalue weighted by Crippen LogP contribution is -2.45. The lowest BCUT2D eigenvalue weighted by atomic mass is 10.0. The molecule has 1 aromatic carbocycles. The minimum absolute atomic E-state index is 0.00390. The second-order valence-electron chi connectivity index (χ2n) is 6.38. The van der Waals surface area contributed by atoms with Crippen molar-refractivity contribution in [3.8, 4) is 5.75 Å². The van der Waals surface area contributed by atoms with E-state index in [1.165, 1.54) is 11.0 Å². The molecule has 28 heavy (non-hydrogen) atoms. The Morgan fingerprint density at radius 3 is 2.71 bits per heavy atom. The Hall–Kier alpha value is -2.90. The Bertz CT molecular complexity index is 746. The number of ketones is 1. The van der Waals surface area contributed by atoms with Crippen LogP contribution in [0.15, 0.2) is 18.2 Å². The van der Waals surface area contributed by atoms with Gasteiger partial charge in [0.05, 0.1) is 18.7 Å².